The Morgan fingerprint density at radius 1 is 1.05 bits per heavy atom. The Hall–Kier alpha value is -3.87. The topological polar surface area (TPSA) is 140 Å². The van der Waals surface area contributed by atoms with Crippen LogP contribution in [0.1, 0.15) is 24.5 Å². The molecule has 0 radical (unpaired) electrons. The predicted octanol–water partition coefficient (Wildman–Crippen LogP) is 4.12. The highest BCUT2D eigenvalue weighted by Crippen LogP contribution is 2.32. The zero-order chi connectivity index (χ0) is 30.7. The van der Waals surface area contributed by atoms with Gasteiger partial charge in [-0.2, -0.15) is 8.42 Å². The number of carbonyl (C=O) groups is 2. The average Bonchev–Trinajstić information content (AvgIpc) is 3.00. The second-order valence-electron chi connectivity index (χ2n) is 10.2. The van der Waals surface area contributed by atoms with Crippen molar-refractivity contribution in [3.05, 3.63) is 88.9 Å². The molecule has 13 heteroatoms. The van der Waals surface area contributed by atoms with Gasteiger partial charge < -0.3 is 20.4 Å². The van der Waals surface area contributed by atoms with Gasteiger partial charge in [-0.3, -0.25) is 15.0 Å². The highest BCUT2D eigenvalue weighted by Gasteiger charge is 2.34. The van der Waals surface area contributed by atoms with Crippen LogP contribution in [0, 0.1) is 5.41 Å². The number of benzene rings is 3. The Morgan fingerprint density at radius 2 is 1.77 bits per heavy atom. The first-order valence-corrected chi connectivity index (χ1v) is 16.3. The second kappa shape index (κ2) is 12.8. The van der Waals surface area contributed by atoms with Crippen LogP contribution < -0.4 is 15.5 Å². The summed E-state index contributed by atoms with van der Waals surface area (Å²) in [4.78, 5) is 31.7. The van der Waals surface area contributed by atoms with Gasteiger partial charge in [0.1, 0.15) is 17.6 Å². The first-order valence-electron chi connectivity index (χ1n) is 13.7. The number of thioether (sulfide) groups is 1. The predicted molar refractivity (Wildman–Crippen MR) is 172 cm³/mol. The molecule has 0 aromatic heterocycles. The van der Waals surface area contributed by atoms with E-state index >= 15 is 0 Å². The lowest BCUT2D eigenvalue weighted by atomic mass is 10.00. The summed E-state index contributed by atoms with van der Waals surface area (Å²) in [5.41, 5.74) is 9.06. The summed E-state index contributed by atoms with van der Waals surface area (Å²) >= 11 is 6.92. The molecular formula is C30H31ClN6O4S2. The Bertz CT molecular complexity index is 1680. The lowest BCUT2D eigenvalue weighted by molar-refractivity contribution is -0.137. The lowest BCUT2D eigenvalue weighted by Crippen LogP contribution is -2.57. The average molecular weight is 639 g/mol. The number of amidine groups is 1. The fourth-order valence-corrected chi connectivity index (χ4v) is 7.19. The van der Waals surface area contributed by atoms with Crippen LogP contribution in [0.4, 0.5) is 11.4 Å². The van der Waals surface area contributed by atoms with Crippen molar-refractivity contribution in [3.8, 4) is 0 Å². The number of aryl methyl sites for hydroxylation is 1. The number of halogens is 1. The minimum Gasteiger partial charge on any atom is -0.377 e. The molecule has 43 heavy (non-hydrogen) atoms. The smallest absolute Gasteiger partial charge is 0.284 e. The van der Waals surface area contributed by atoms with Gasteiger partial charge >= 0.3 is 0 Å². The van der Waals surface area contributed by atoms with Gasteiger partial charge in [-0.05, 0) is 79.6 Å². The number of hydrogen-bond donors (Lipinski definition) is 2. The molecule has 224 valence electrons. The van der Waals surface area contributed by atoms with Crippen molar-refractivity contribution in [2.45, 2.75) is 30.7 Å². The van der Waals surface area contributed by atoms with Crippen LogP contribution in [0.2, 0.25) is 5.02 Å². The van der Waals surface area contributed by atoms with Crippen LogP contribution in [0.15, 0.2) is 82.1 Å². The third kappa shape index (κ3) is 6.87. The quantitative estimate of drug-likeness (QED) is 0.306. The van der Waals surface area contributed by atoms with E-state index in [4.69, 9.17) is 22.7 Å². The van der Waals surface area contributed by atoms with Crippen LogP contribution >= 0.6 is 23.4 Å². The van der Waals surface area contributed by atoms with Crippen molar-refractivity contribution in [2.75, 3.05) is 36.0 Å². The minimum atomic E-state index is -4.14. The Labute approximate surface area is 260 Å². The Kier molecular flexibility index (Phi) is 9.09. The van der Waals surface area contributed by atoms with Gasteiger partial charge in [0.05, 0.1) is 4.90 Å². The Morgan fingerprint density at radius 3 is 2.47 bits per heavy atom. The van der Waals surface area contributed by atoms with Gasteiger partial charge in [-0.25, -0.2) is 0 Å². The molecule has 3 N–H and O–H groups in total. The molecule has 2 heterocycles. The van der Waals surface area contributed by atoms with E-state index in [1.807, 2.05) is 31.2 Å². The molecule has 2 amide bonds. The molecule has 2 aliphatic heterocycles. The summed E-state index contributed by atoms with van der Waals surface area (Å²) in [5.74, 6) is -0.378. The normalized spacial score (nSPS) is 16.6. The van der Waals surface area contributed by atoms with Crippen molar-refractivity contribution in [1.82, 2.24) is 4.90 Å². The fraction of sp³-hybridized carbons (Fsp3) is 0.267. The number of nitrogens with two attached hydrogens (primary N) is 1. The standard InChI is InChI=1S/C30H31ClN6O4S2/c1-20(36-15-5-8-22-18-23(31)9-14-26(22)36)29(39)35-16-17-37(27(38)19-35)24-10-12-25(13-11-24)43(40,41)34-30(33)42-28(32)21-6-3-2-4-7-21/h2-4,6-7,9-14,18,20,32H,5,8,15-17,19H2,1H3,(H2,33,34)/t20-/m1/s1. The van der Waals surface area contributed by atoms with E-state index in [9.17, 15) is 18.0 Å². The van der Waals surface area contributed by atoms with E-state index in [1.165, 1.54) is 29.2 Å². The molecule has 10 nitrogen and oxygen atoms in total. The maximum atomic E-state index is 13.4. The number of fused-ring (bicyclic) bond motifs is 1. The summed E-state index contributed by atoms with van der Waals surface area (Å²) in [5, 5.41) is 8.59. The van der Waals surface area contributed by atoms with Crippen molar-refractivity contribution in [2.24, 2.45) is 10.1 Å². The highest BCUT2D eigenvalue weighted by atomic mass is 35.5. The number of nitrogens with zero attached hydrogens (tertiary/aromatic N) is 4. The number of rotatable bonds is 6. The molecule has 0 saturated carbocycles. The van der Waals surface area contributed by atoms with Crippen LogP contribution in [0.5, 0.6) is 0 Å². The third-order valence-electron chi connectivity index (χ3n) is 7.45. The van der Waals surface area contributed by atoms with E-state index in [2.05, 4.69) is 9.30 Å². The van der Waals surface area contributed by atoms with Gasteiger partial charge in [0.15, 0.2) is 5.17 Å². The van der Waals surface area contributed by atoms with Gasteiger partial charge in [0.25, 0.3) is 10.0 Å². The number of piperazine rings is 1. The number of amides is 2. The van der Waals surface area contributed by atoms with E-state index in [0.717, 1.165) is 42.4 Å². The van der Waals surface area contributed by atoms with Gasteiger partial charge in [-0.1, -0.05) is 41.9 Å². The Balaban J connectivity index is 1.21. The molecular weight excluding hydrogens is 608 g/mol. The molecule has 3 aromatic rings. The van der Waals surface area contributed by atoms with E-state index in [0.29, 0.717) is 22.8 Å². The minimum absolute atomic E-state index is 0.0728. The van der Waals surface area contributed by atoms with E-state index in [1.54, 1.807) is 29.2 Å². The van der Waals surface area contributed by atoms with Gasteiger partial charge in [0.2, 0.25) is 11.8 Å². The molecule has 0 aliphatic carbocycles. The van der Waals surface area contributed by atoms with Crippen molar-refractivity contribution >= 4 is 66.8 Å². The van der Waals surface area contributed by atoms with Crippen molar-refractivity contribution in [1.29, 1.82) is 5.41 Å². The van der Waals surface area contributed by atoms with Crippen molar-refractivity contribution < 1.29 is 18.0 Å². The molecule has 2 aliphatic rings. The second-order valence-corrected chi connectivity index (χ2v) is 13.3. The molecule has 0 unspecified atom stereocenters. The van der Waals surface area contributed by atoms with Gasteiger partial charge in [-0.15, -0.1) is 4.40 Å². The number of hydrogen-bond acceptors (Lipinski definition) is 7. The highest BCUT2D eigenvalue weighted by molar-refractivity contribution is 8.27. The van der Waals surface area contributed by atoms with Gasteiger partial charge in [0, 0.05) is 41.6 Å². The van der Waals surface area contributed by atoms with Crippen molar-refractivity contribution in [3.63, 3.8) is 0 Å². The zero-order valence-electron chi connectivity index (χ0n) is 23.4. The summed E-state index contributed by atoms with van der Waals surface area (Å²) in [6.45, 7) is 3.16. The molecule has 1 fully saturated rings. The summed E-state index contributed by atoms with van der Waals surface area (Å²) in [6.07, 6.45) is 1.82. The number of sulfonamides is 1. The molecule has 3 aromatic carbocycles. The summed E-state index contributed by atoms with van der Waals surface area (Å²) in [6, 6.07) is 19.9. The number of carbonyl (C=O) groups excluding carboxylic acids is 2. The van der Waals surface area contributed by atoms with Crippen LogP contribution in [-0.2, 0) is 26.0 Å². The monoisotopic (exact) mass is 638 g/mol. The molecule has 1 atom stereocenters. The number of anilines is 2. The molecule has 5 rings (SSSR count). The number of nitrogens with one attached hydrogen (secondary N) is 1. The first kappa shape index (κ1) is 30.6. The third-order valence-corrected chi connectivity index (χ3v) is 9.85. The summed E-state index contributed by atoms with van der Waals surface area (Å²) in [7, 11) is -4.14. The first-order chi connectivity index (χ1) is 20.5. The molecule has 0 bridgehead atoms. The van der Waals surface area contributed by atoms with Crippen LogP contribution in [-0.4, -0.2) is 67.6 Å². The van der Waals surface area contributed by atoms with Crippen LogP contribution in [0.25, 0.3) is 0 Å². The van der Waals surface area contributed by atoms with E-state index in [-0.39, 0.29) is 40.0 Å². The lowest BCUT2D eigenvalue weighted by Gasteiger charge is -2.40. The molecule has 0 spiro atoms. The van der Waals surface area contributed by atoms with Crippen LogP contribution in [0.3, 0.4) is 0 Å². The molecule has 1 saturated heterocycles. The SMILES string of the molecule is C[C@H](C(=O)N1CCN(c2ccc(S(=O)(=O)N=C(N)SC(=N)c3ccccc3)cc2)C(=O)C1)N1CCCc2cc(Cl)ccc21. The largest absolute Gasteiger partial charge is 0.377 e. The maximum Gasteiger partial charge on any atom is 0.284 e. The summed E-state index contributed by atoms with van der Waals surface area (Å²) < 4.78 is 29.3. The fourth-order valence-electron chi connectivity index (χ4n) is 5.27. The zero-order valence-corrected chi connectivity index (χ0v) is 25.8. The van der Waals surface area contributed by atoms with E-state index < -0.39 is 16.1 Å². The maximum absolute atomic E-state index is 13.4.